The van der Waals surface area contributed by atoms with E-state index >= 15 is 0 Å². The lowest BCUT2D eigenvalue weighted by atomic mass is 10.1. The Bertz CT molecular complexity index is 518. The number of carbonyl (C=O) groups excluding carboxylic acids is 1. The van der Waals surface area contributed by atoms with Crippen LogP contribution in [0.5, 0.6) is 5.75 Å². The second kappa shape index (κ2) is 6.40. The Morgan fingerprint density at radius 3 is 3.00 bits per heavy atom. The smallest absolute Gasteiger partial charge is 0.252 e. The topological polar surface area (TPSA) is 62.6 Å². The maximum Gasteiger partial charge on any atom is 0.252 e. The molecular weight excluding hydrogens is 256 g/mol. The first-order valence-corrected chi connectivity index (χ1v) is 6.59. The molecule has 1 saturated heterocycles. The van der Waals surface area contributed by atoms with Crippen molar-refractivity contribution in [3.8, 4) is 11.8 Å². The van der Waals surface area contributed by atoms with Crippen molar-refractivity contribution in [3.63, 3.8) is 0 Å². The van der Waals surface area contributed by atoms with Gasteiger partial charge in [0.25, 0.3) is 5.91 Å². The van der Waals surface area contributed by atoms with Gasteiger partial charge in [0, 0.05) is 13.7 Å². The molecule has 1 fully saturated rings. The third-order valence-corrected chi connectivity index (χ3v) is 3.47. The second-order valence-corrected chi connectivity index (χ2v) is 4.76. The van der Waals surface area contributed by atoms with Gasteiger partial charge < -0.3 is 14.4 Å². The molecule has 1 amide bonds. The minimum absolute atomic E-state index is 0.142. The monoisotopic (exact) mass is 274 g/mol. The van der Waals surface area contributed by atoms with Crippen LogP contribution in [0.1, 0.15) is 24.4 Å². The van der Waals surface area contributed by atoms with Crippen molar-refractivity contribution < 1.29 is 14.3 Å². The average molecular weight is 274 g/mol. The summed E-state index contributed by atoms with van der Waals surface area (Å²) in [7, 11) is 3.21. The Kier molecular flexibility index (Phi) is 4.59. The maximum absolute atomic E-state index is 12.3. The number of rotatable bonds is 4. The summed E-state index contributed by atoms with van der Waals surface area (Å²) in [5.74, 6) is 0.526. The molecule has 20 heavy (non-hydrogen) atoms. The van der Waals surface area contributed by atoms with Crippen molar-refractivity contribution in [3.05, 3.63) is 29.8 Å². The van der Waals surface area contributed by atoms with Crippen molar-refractivity contribution in [2.45, 2.75) is 25.0 Å². The molecule has 1 aromatic carbocycles. The van der Waals surface area contributed by atoms with Gasteiger partial charge in [-0.2, -0.15) is 5.26 Å². The first kappa shape index (κ1) is 14.4. The number of ether oxygens (including phenoxy) is 2. The summed E-state index contributed by atoms with van der Waals surface area (Å²) in [5, 5.41) is 9.38. The van der Waals surface area contributed by atoms with Gasteiger partial charge in [-0.05, 0) is 30.5 Å². The van der Waals surface area contributed by atoms with Crippen LogP contribution >= 0.6 is 0 Å². The number of carbonyl (C=O) groups is 1. The van der Waals surface area contributed by atoms with Crippen molar-refractivity contribution in [2.75, 3.05) is 20.8 Å². The van der Waals surface area contributed by atoms with E-state index in [1.54, 1.807) is 26.3 Å². The van der Waals surface area contributed by atoms with Gasteiger partial charge in [-0.15, -0.1) is 0 Å². The summed E-state index contributed by atoms with van der Waals surface area (Å²) in [6.45, 7) is 0.612. The van der Waals surface area contributed by atoms with E-state index in [9.17, 15) is 10.1 Å². The first-order valence-electron chi connectivity index (χ1n) is 6.59. The molecule has 0 bridgehead atoms. The molecule has 0 saturated carbocycles. The largest absolute Gasteiger partial charge is 0.497 e. The molecule has 1 aliphatic rings. The van der Waals surface area contributed by atoms with Crippen LogP contribution in [0.15, 0.2) is 24.3 Å². The van der Waals surface area contributed by atoms with Gasteiger partial charge in [0.1, 0.15) is 17.9 Å². The number of benzene rings is 1. The van der Waals surface area contributed by atoms with Crippen LogP contribution in [0.4, 0.5) is 0 Å². The summed E-state index contributed by atoms with van der Waals surface area (Å²) in [4.78, 5) is 13.7. The predicted molar refractivity (Wildman–Crippen MR) is 73.1 cm³/mol. The molecule has 0 radical (unpaired) electrons. The van der Waals surface area contributed by atoms with Crippen LogP contribution < -0.4 is 4.74 Å². The first-order chi connectivity index (χ1) is 9.67. The van der Waals surface area contributed by atoms with Crippen LogP contribution in [-0.4, -0.2) is 37.7 Å². The van der Waals surface area contributed by atoms with Crippen molar-refractivity contribution >= 4 is 5.91 Å². The Morgan fingerprint density at radius 1 is 1.60 bits per heavy atom. The zero-order valence-corrected chi connectivity index (χ0v) is 11.7. The molecule has 1 heterocycles. The van der Waals surface area contributed by atoms with Crippen LogP contribution in [0.3, 0.4) is 0 Å². The average Bonchev–Trinajstić information content (AvgIpc) is 3.01. The van der Waals surface area contributed by atoms with Gasteiger partial charge in [-0.1, -0.05) is 12.1 Å². The van der Waals surface area contributed by atoms with E-state index in [-0.39, 0.29) is 5.91 Å². The second-order valence-electron chi connectivity index (χ2n) is 4.76. The Labute approximate surface area is 118 Å². The van der Waals surface area contributed by atoms with Crippen molar-refractivity contribution in [1.29, 1.82) is 5.26 Å². The van der Waals surface area contributed by atoms with Gasteiger partial charge in [0.15, 0.2) is 0 Å². The minimum Gasteiger partial charge on any atom is -0.497 e. The van der Waals surface area contributed by atoms with E-state index in [1.165, 1.54) is 4.90 Å². The number of nitrogens with zero attached hydrogens (tertiary/aromatic N) is 2. The molecule has 0 aromatic heterocycles. The third kappa shape index (κ3) is 2.91. The van der Waals surface area contributed by atoms with Gasteiger partial charge in [0.05, 0.1) is 13.2 Å². The van der Waals surface area contributed by atoms with E-state index < -0.39 is 12.1 Å². The van der Waals surface area contributed by atoms with Gasteiger partial charge in [-0.25, -0.2) is 0 Å². The van der Waals surface area contributed by atoms with Gasteiger partial charge in [-0.3, -0.25) is 4.79 Å². The van der Waals surface area contributed by atoms with E-state index in [4.69, 9.17) is 9.47 Å². The molecule has 2 unspecified atom stereocenters. The molecule has 0 aliphatic carbocycles. The normalized spacial score (nSPS) is 19.1. The molecule has 2 rings (SSSR count). The number of methoxy groups -OCH3 is 1. The number of nitriles is 1. The molecule has 106 valence electrons. The van der Waals surface area contributed by atoms with E-state index in [2.05, 4.69) is 6.07 Å². The van der Waals surface area contributed by atoms with Crippen LogP contribution in [0.2, 0.25) is 0 Å². The van der Waals surface area contributed by atoms with Crippen LogP contribution in [-0.2, 0) is 9.53 Å². The molecule has 0 spiro atoms. The summed E-state index contributed by atoms with van der Waals surface area (Å²) < 4.78 is 10.5. The zero-order chi connectivity index (χ0) is 14.5. The Hall–Kier alpha value is -2.06. The zero-order valence-electron chi connectivity index (χ0n) is 11.7. The molecule has 1 aromatic rings. The number of hydrogen-bond donors (Lipinski definition) is 0. The van der Waals surface area contributed by atoms with E-state index in [0.717, 1.165) is 18.4 Å². The molecule has 2 atom stereocenters. The fraction of sp³-hybridized carbons (Fsp3) is 0.467. The summed E-state index contributed by atoms with van der Waals surface area (Å²) in [6.07, 6.45) is 1.20. The SMILES string of the molecule is COc1cccc(C(C#N)N(C)C(=O)C2CCCO2)c1. The lowest BCUT2D eigenvalue weighted by Crippen LogP contribution is -2.38. The minimum atomic E-state index is -0.637. The summed E-state index contributed by atoms with van der Waals surface area (Å²) >= 11 is 0. The lowest BCUT2D eigenvalue weighted by Gasteiger charge is -2.25. The predicted octanol–water partition coefficient (Wildman–Crippen LogP) is 1.90. The van der Waals surface area contributed by atoms with Crippen LogP contribution in [0, 0.1) is 11.3 Å². The highest BCUT2D eigenvalue weighted by molar-refractivity contribution is 5.81. The quantitative estimate of drug-likeness (QED) is 0.841. The van der Waals surface area contributed by atoms with E-state index in [1.807, 2.05) is 12.1 Å². The molecule has 5 nitrogen and oxygen atoms in total. The Balaban J connectivity index is 2.18. The Morgan fingerprint density at radius 2 is 2.40 bits per heavy atom. The number of likely N-dealkylation sites (N-methyl/N-ethyl adjacent to an activating group) is 1. The van der Waals surface area contributed by atoms with Crippen molar-refractivity contribution in [1.82, 2.24) is 4.90 Å². The lowest BCUT2D eigenvalue weighted by molar-refractivity contribution is -0.140. The number of amides is 1. The summed E-state index contributed by atoms with van der Waals surface area (Å²) in [5.41, 5.74) is 0.737. The van der Waals surface area contributed by atoms with Gasteiger partial charge >= 0.3 is 0 Å². The highest BCUT2D eigenvalue weighted by atomic mass is 16.5. The summed E-state index contributed by atoms with van der Waals surface area (Å²) in [6, 6.07) is 8.73. The standard InChI is InChI=1S/C15H18N2O3/c1-17(15(18)14-7-4-8-20-14)13(10-16)11-5-3-6-12(9-11)19-2/h3,5-6,9,13-14H,4,7-8H2,1-2H3. The molecule has 5 heteroatoms. The molecular formula is C15H18N2O3. The molecule has 1 aliphatic heterocycles. The van der Waals surface area contributed by atoms with E-state index in [0.29, 0.717) is 12.4 Å². The fourth-order valence-electron chi connectivity index (χ4n) is 2.32. The highest BCUT2D eigenvalue weighted by Crippen LogP contribution is 2.25. The van der Waals surface area contributed by atoms with Gasteiger partial charge in [0.2, 0.25) is 0 Å². The van der Waals surface area contributed by atoms with Crippen LogP contribution in [0.25, 0.3) is 0 Å². The fourth-order valence-corrected chi connectivity index (χ4v) is 2.32. The van der Waals surface area contributed by atoms with Crippen molar-refractivity contribution in [2.24, 2.45) is 0 Å². The third-order valence-electron chi connectivity index (χ3n) is 3.47. The maximum atomic E-state index is 12.3. The molecule has 0 N–H and O–H groups in total. The number of hydrogen-bond acceptors (Lipinski definition) is 4. The highest BCUT2D eigenvalue weighted by Gasteiger charge is 2.30.